The molecule has 4 nitrogen and oxygen atoms in total. The van der Waals surface area contributed by atoms with Gasteiger partial charge in [-0.25, -0.2) is 4.79 Å². The van der Waals surface area contributed by atoms with Gasteiger partial charge in [0.25, 0.3) is 0 Å². The van der Waals surface area contributed by atoms with E-state index < -0.39 is 0 Å². The van der Waals surface area contributed by atoms with E-state index in [4.69, 9.17) is 4.74 Å². The summed E-state index contributed by atoms with van der Waals surface area (Å²) >= 11 is 1.96. The predicted octanol–water partition coefficient (Wildman–Crippen LogP) is 1.95. The average Bonchev–Trinajstić information content (AvgIpc) is 2.27. The molecule has 2 atom stereocenters. The van der Waals surface area contributed by atoms with Crippen molar-refractivity contribution in [2.24, 2.45) is 0 Å². The van der Waals surface area contributed by atoms with E-state index in [0.29, 0.717) is 10.5 Å². The number of thioether (sulfide) groups is 1. The van der Waals surface area contributed by atoms with Crippen molar-refractivity contribution in [1.29, 1.82) is 0 Å². The maximum absolute atomic E-state index is 11.9. The van der Waals surface area contributed by atoms with Gasteiger partial charge in [-0.3, -0.25) is 0 Å². The molecule has 1 rings (SSSR count). The molecule has 0 spiro atoms. The SMILES string of the molecule is COCCCCNC(=O)N1CC(C)SC(C)C1. The molecule has 0 bridgehead atoms. The van der Waals surface area contributed by atoms with E-state index in [1.54, 1.807) is 7.11 Å². The Morgan fingerprint density at radius 2 is 2.00 bits per heavy atom. The zero-order valence-electron chi connectivity index (χ0n) is 11.1. The van der Waals surface area contributed by atoms with Gasteiger partial charge >= 0.3 is 6.03 Å². The van der Waals surface area contributed by atoms with Gasteiger partial charge in [-0.2, -0.15) is 11.8 Å². The molecule has 0 aromatic rings. The van der Waals surface area contributed by atoms with Crippen molar-refractivity contribution < 1.29 is 9.53 Å². The van der Waals surface area contributed by atoms with Gasteiger partial charge in [-0.1, -0.05) is 13.8 Å². The lowest BCUT2D eigenvalue weighted by Gasteiger charge is -2.34. The van der Waals surface area contributed by atoms with Crippen LogP contribution >= 0.6 is 11.8 Å². The second-order valence-electron chi connectivity index (χ2n) is 4.59. The monoisotopic (exact) mass is 260 g/mol. The van der Waals surface area contributed by atoms with Crippen LogP contribution in [0.4, 0.5) is 4.79 Å². The van der Waals surface area contributed by atoms with Crippen molar-refractivity contribution in [3.63, 3.8) is 0 Å². The van der Waals surface area contributed by atoms with Gasteiger partial charge < -0.3 is 15.0 Å². The van der Waals surface area contributed by atoms with Crippen LogP contribution in [0.2, 0.25) is 0 Å². The Morgan fingerprint density at radius 3 is 2.59 bits per heavy atom. The van der Waals surface area contributed by atoms with Crippen molar-refractivity contribution in [2.75, 3.05) is 33.4 Å². The molecular weight excluding hydrogens is 236 g/mol. The summed E-state index contributed by atoms with van der Waals surface area (Å²) in [5.74, 6) is 0. The summed E-state index contributed by atoms with van der Waals surface area (Å²) in [4.78, 5) is 13.8. The first-order valence-corrected chi connectivity index (χ1v) is 7.25. The van der Waals surface area contributed by atoms with Crippen molar-refractivity contribution in [2.45, 2.75) is 37.2 Å². The number of unbranched alkanes of at least 4 members (excludes halogenated alkanes) is 1. The van der Waals surface area contributed by atoms with Gasteiger partial charge in [0, 0.05) is 43.9 Å². The number of hydrogen-bond donors (Lipinski definition) is 1. The molecule has 1 aliphatic rings. The van der Waals surface area contributed by atoms with Crippen LogP contribution in [0.3, 0.4) is 0 Å². The minimum atomic E-state index is 0.0846. The van der Waals surface area contributed by atoms with Crippen LogP contribution in [0.5, 0.6) is 0 Å². The van der Waals surface area contributed by atoms with Crippen molar-refractivity contribution in [3.8, 4) is 0 Å². The van der Waals surface area contributed by atoms with Gasteiger partial charge in [0.15, 0.2) is 0 Å². The van der Waals surface area contributed by atoms with E-state index in [1.807, 2.05) is 16.7 Å². The summed E-state index contributed by atoms with van der Waals surface area (Å²) in [5.41, 5.74) is 0. The molecular formula is C12H24N2O2S. The van der Waals surface area contributed by atoms with E-state index in [1.165, 1.54) is 0 Å². The van der Waals surface area contributed by atoms with Gasteiger partial charge in [-0.05, 0) is 12.8 Å². The molecule has 1 saturated heterocycles. The molecule has 1 fully saturated rings. The van der Waals surface area contributed by atoms with E-state index in [2.05, 4.69) is 19.2 Å². The van der Waals surface area contributed by atoms with Gasteiger partial charge in [-0.15, -0.1) is 0 Å². The maximum Gasteiger partial charge on any atom is 0.317 e. The number of methoxy groups -OCH3 is 1. The summed E-state index contributed by atoms with van der Waals surface area (Å²) in [7, 11) is 1.70. The standard InChI is InChI=1S/C12H24N2O2S/c1-10-8-14(9-11(2)17-10)12(15)13-6-4-5-7-16-3/h10-11H,4-9H2,1-3H3,(H,13,15). The fourth-order valence-corrected chi connectivity index (χ4v) is 3.35. The lowest BCUT2D eigenvalue weighted by Crippen LogP contribution is -2.48. The number of rotatable bonds is 5. The first kappa shape index (κ1) is 14.6. The van der Waals surface area contributed by atoms with E-state index in [0.717, 1.165) is 39.1 Å². The molecule has 2 unspecified atom stereocenters. The predicted molar refractivity (Wildman–Crippen MR) is 72.6 cm³/mol. The lowest BCUT2D eigenvalue weighted by atomic mass is 10.3. The normalized spacial score (nSPS) is 24.8. The molecule has 17 heavy (non-hydrogen) atoms. The van der Waals surface area contributed by atoms with Gasteiger partial charge in [0.1, 0.15) is 0 Å². The third-order valence-corrected chi connectivity index (χ3v) is 3.99. The number of carbonyl (C=O) groups excluding carboxylic acids is 1. The highest BCUT2D eigenvalue weighted by molar-refractivity contribution is 8.00. The summed E-state index contributed by atoms with van der Waals surface area (Å²) in [6.45, 7) is 7.59. The largest absolute Gasteiger partial charge is 0.385 e. The van der Waals surface area contributed by atoms with Gasteiger partial charge in [0.2, 0.25) is 0 Å². The molecule has 1 aliphatic heterocycles. The quantitative estimate of drug-likeness (QED) is 0.768. The molecule has 1 N–H and O–H groups in total. The van der Waals surface area contributed by atoms with Crippen LogP contribution in [-0.4, -0.2) is 54.8 Å². The fourth-order valence-electron chi connectivity index (χ4n) is 2.02. The van der Waals surface area contributed by atoms with Crippen molar-refractivity contribution >= 4 is 17.8 Å². The molecule has 0 aromatic carbocycles. The number of hydrogen-bond acceptors (Lipinski definition) is 3. The van der Waals surface area contributed by atoms with E-state index in [9.17, 15) is 4.79 Å². The third-order valence-electron chi connectivity index (χ3n) is 2.76. The van der Waals surface area contributed by atoms with Crippen molar-refractivity contribution in [1.82, 2.24) is 10.2 Å². The highest BCUT2D eigenvalue weighted by Crippen LogP contribution is 2.24. The smallest absolute Gasteiger partial charge is 0.317 e. The molecule has 2 amide bonds. The Labute approximate surface area is 108 Å². The number of amides is 2. The zero-order chi connectivity index (χ0) is 12.7. The Kier molecular flexibility index (Phi) is 6.73. The number of nitrogens with zero attached hydrogens (tertiary/aromatic N) is 1. The number of nitrogens with one attached hydrogen (secondary N) is 1. The van der Waals surface area contributed by atoms with Crippen molar-refractivity contribution in [3.05, 3.63) is 0 Å². The number of ether oxygens (including phenoxy) is 1. The molecule has 0 radical (unpaired) electrons. The molecule has 0 aliphatic carbocycles. The Morgan fingerprint density at radius 1 is 1.35 bits per heavy atom. The molecule has 0 aromatic heterocycles. The lowest BCUT2D eigenvalue weighted by molar-refractivity contribution is 0.187. The minimum absolute atomic E-state index is 0.0846. The third kappa shape index (κ3) is 5.64. The molecule has 100 valence electrons. The topological polar surface area (TPSA) is 41.6 Å². The van der Waals surface area contributed by atoms with Crippen LogP contribution in [0.25, 0.3) is 0 Å². The Balaban J connectivity index is 2.18. The van der Waals surface area contributed by atoms with E-state index >= 15 is 0 Å². The Hall–Kier alpha value is -0.420. The van der Waals surface area contributed by atoms with E-state index in [-0.39, 0.29) is 6.03 Å². The minimum Gasteiger partial charge on any atom is -0.385 e. The zero-order valence-corrected chi connectivity index (χ0v) is 11.9. The summed E-state index contributed by atoms with van der Waals surface area (Å²) in [5, 5.41) is 4.05. The Bertz CT molecular complexity index is 229. The van der Waals surface area contributed by atoms with Crippen LogP contribution in [-0.2, 0) is 4.74 Å². The highest BCUT2D eigenvalue weighted by Gasteiger charge is 2.25. The summed E-state index contributed by atoms with van der Waals surface area (Å²) in [6, 6.07) is 0.0846. The number of urea groups is 1. The van der Waals surface area contributed by atoms with Crippen LogP contribution in [0, 0.1) is 0 Å². The van der Waals surface area contributed by atoms with Crippen LogP contribution in [0.1, 0.15) is 26.7 Å². The number of carbonyl (C=O) groups is 1. The molecule has 1 heterocycles. The molecule has 5 heteroatoms. The summed E-state index contributed by atoms with van der Waals surface area (Å²) < 4.78 is 4.97. The highest BCUT2D eigenvalue weighted by atomic mass is 32.2. The summed E-state index contributed by atoms with van der Waals surface area (Å²) in [6.07, 6.45) is 1.98. The second kappa shape index (κ2) is 7.82. The second-order valence-corrected chi connectivity index (χ2v) is 6.48. The van der Waals surface area contributed by atoms with Crippen LogP contribution < -0.4 is 5.32 Å². The van der Waals surface area contributed by atoms with Gasteiger partial charge in [0.05, 0.1) is 0 Å². The molecule has 0 saturated carbocycles. The van der Waals surface area contributed by atoms with Crippen LogP contribution in [0.15, 0.2) is 0 Å². The average molecular weight is 260 g/mol. The maximum atomic E-state index is 11.9. The first-order chi connectivity index (χ1) is 8.13. The fraction of sp³-hybridized carbons (Fsp3) is 0.917. The first-order valence-electron chi connectivity index (χ1n) is 6.30.